The number of nitrogen functional groups attached to an aromatic ring is 1. The molecule has 1 atom stereocenters. The maximum Gasteiger partial charge on any atom is 0.231 e. The zero-order chi connectivity index (χ0) is 15.9. The van der Waals surface area contributed by atoms with Gasteiger partial charge in [0.05, 0.1) is 12.0 Å². The van der Waals surface area contributed by atoms with Crippen molar-refractivity contribution in [1.82, 2.24) is 10.2 Å². The molecule has 0 spiro atoms. The smallest absolute Gasteiger partial charge is 0.231 e. The number of nitrogens with two attached hydrogens (primary N) is 1. The number of carbonyl (C=O) groups is 1. The molecule has 2 aromatic rings. The molecule has 2 heterocycles. The van der Waals surface area contributed by atoms with Crippen LogP contribution in [0.1, 0.15) is 18.9 Å². The summed E-state index contributed by atoms with van der Waals surface area (Å²) in [5.74, 6) is 0.0819. The Hall–Kier alpha value is -2.34. The number of hydrogen-bond acceptors (Lipinski definition) is 4. The topological polar surface area (TPSA) is 82.2 Å². The van der Waals surface area contributed by atoms with E-state index in [1.807, 2.05) is 36.6 Å². The Bertz CT molecular complexity index is 734. The van der Waals surface area contributed by atoms with Gasteiger partial charge < -0.3 is 11.1 Å². The predicted octanol–water partition coefficient (Wildman–Crippen LogP) is 2.60. The van der Waals surface area contributed by atoms with E-state index in [9.17, 15) is 4.79 Å². The van der Waals surface area contributed by atoms with E-state index < -0.39 is 5.54 Å². The molecule has 1 amide bonds. The summed E-state index contributed by atoms with van der Waals surface area (Å²) in [6, 6.07) is 9.81. The van der Waals surface area contributed by atoms with Gasteiger partial charge in [-0.05, 0) is 41.6 Å². The van der Waals surface area contributed by atoms with Gasteiger partial charge in [0.15, 0.2) is 5.96 Å². The second-order valence-electron chi connectivity index (χ2n) is 5.76. The van der Waals surface area contributed by atoms with Crippen molar-refractivity contribution in [3.8, 4) is 10.4 Å². The van der Waals surface area contributed by atoms with Crippen LogP contribution in [0.5, 0.6) is 0 Å². The van der Waals surface area contributed by atoms with E-state index in [1.165, 1.54) is 4.90 Å². The molecular weight excluding hydrogens is 296 g/mol. The van der Waals surface area contributed by atoms with Crippen LogP contribution in [0.25, 0.3) is 10.4 Å². The minimum absolute atomic E-state index is 0.0528. The van der Waals surface area contributed by atoms with Crippen molar-refractivity contribution in [3.05, 3.63) is 41.3 Å². The number of amides is 1. The first-order valence-corrected chi connectivity index (χ1v) is 7.85. The molecule has 0 unspecified atom stereocenters. The number of nitrogens with zero attached hydrogens (tertiary/aromatic N) is 1. The van der Waals surface area contributed by atoms with Crippen LogP contribution in [0.15, 0.2) is 35.7 Å². The SMILES string of the molecule is CN1C(=N)N[C@](C)(c2csc(-c3cccc(N)c3)c2)CC1=O. The van der Waals surface area contributed by atoms with Crippen molar-refractivity contribution in [2.45, 2.75) is 18.9 Å². The van der Waals surface area contributed by atoms with Crippen LogP contribution in [0, 0.1) is 5.41 Å². The molecule has 0 radical (unpaired) electrons. The number of benzene rings is 1. The Balaban J connectivity index is 1.93. The third-order valence-electron chi connectivity index (χ3n) is 4.02. The van der Waals surface area contributed by atoms with E-state index in [1.54, 1.807) is 18.4 Å². The van der Waals surface area contributed by atoms with Gasteiger partial charge in [0, 0.05) is 17.6 Å². The van der Waals surface area contributed by atoms with Gasteiger partial charge >= 0.3 is 0 Å². The highest BCUT2D eigenvalue weighted by Gasteiger charge is 2.38. The summed E-state index contributed by atoms with van der Waals surface area (Å²) in [6.45, 7) is 1.96. The maximum absolute atomic E-state index is 12.0. The van der Waals surface area contributed by atoms with Gasteiger partial charge in [0.2, 0.25) is 5.91 Å². The van der Waals surface area contributed by atoms with Crippen LogP contribution in [-0.4, -0.2) is 23.8 Å². The van der Waals surface area contributed by atoms with E-state index in [0.29, 0.717) is 6.42 Å². The Kier molecular flexibility index (Phi) is 3.41. The summed E-state index contributed by atoms with van der Waals surface area (Å²) in [5.41, 5.74) is 8.10. The molecule has 1 saturated heterocycles. The number of rotatable bonds is 2. The number of carbonyl (C=O) groups excluding carboxylic acids is 1. The molecule has 114 valence electrons. The lowest BCUT2D eigenvalue weighted by atomic mass is 9.88. The van der Waals surface area contributed by atoms with Crippen LogP contribution in [0.2, 0.25) is 0 Å². The van der Waals surface area contributed by atoms with Crippen molar-refractivity contribution in [2.75, 3.05) is 12.8 Å². The lowest BCUT2D eigenvalue weighted by Gasteiger charge is -2.39. The Morgan fingerprint density at radius 2 is 2.18 bits per heavy atom. The van der Waals surface area contributed by atoms with E-state index in [4.69, 9.17) is 11.1 Å². The average molecular weight is 314 g/mol. The summed E-state index contributed by atoms with van der Waals surface area (Å²) in [5, 5.41) is 13.1. The second kappa shape index (κ2) is 5.14. The van der Waals surface area contributed by atoms with Crippen LogP contribution in [0.3, 0.4) is 0 Å². The quantitative estimate of drug-likeness (QED) is 0.745. The van der Waals surface area contributed by atoms with Gasteiger partial charge in [-0.25, -0.2) is 0 Å². The summed E-state index contributed by atoms with van der Waals surface area (Å²) < 4.78 is 0. The van der Waals surface area contributed by atoms with Gasteiger partial charge in [-0.1, -0.05) is 12.1 Å². The minimum Gasteiger partial charge on any atom is -0.399 e. The highest BCUT2D eigenvalue weighted by Crippen LogP contribution is 2.36. The Morgan fingerprint density at radius 1 is 1.41 bits per heavy atom. The van der Waals surface area contributed by atoms with Crippen LogP contribution in [0.4, 0.5) is 5.69 Å². The molecule has 1 aromatic heterocycles. The number of thiophene rings is 1. The third-order valence-corrected chi connectivity index (χ3v) is 5.00. The predicted molar refractivity (Wildman–Crippen MR) is 89.8 cm³/mol. The fourth-order valence-corrected chi connectivity index (χ4v) is 3.62. The minimum atomic E-state index is -0.546. The Labute approximate surface area is 133 Å². The average Bonchev–Trinajstić information content (AvgIpc) is 2.95. The van der Waals surface area contributed by atoms with Gasteiger partial charge in [-0.15, -0.1) is 11.3 Å². The first-order chi connectivity index (χ1) is 10.4. The van der Waals surface area contributed by atoms with Crippen LogP contribution in [-0.2, 0) is 10.3 Å². The van der Waals surface area contributed by atoms with Crippen molar-refractivity contribution in [3.63, 3.8) is 0 Å². The maximum atomic E-state index is 12.0. The molecule has 1 aliphatic rings. The summed E-state index contributed by atoms with van der Waals surface area (Å²) in [6.07, 6.45) is 0.332. The number of anilines is 1. The summed E-state index contributed by atoms with van der Waals surface area (Å²) in [7, 11) is 1.61. The van der Waals surface area contributed by atoms with E-state index in [0.717, 1.165) is 21.7 Å². The van der Waals surface area contributed by atoms with Gasteiger partial charge in [-0.3, -0.25) is 15.1 Å². The lowest BCUT2D eigenvalue weighted by molar-refractivity contribution is -0.129. The zero-order valence-electron chi connectivity index (χ0n) is 12.5. The van der Waals surface area contributed by atoms with Gasteiger partial charge in [-0.2, -0.15) is 0 Å². The second-order valence-corrected chi connectivity index (χ2v) is 6.67. The van der Waals surface area contributed by atoms with E-state index in [2.05, 4.69) is 11.4 Å². The standard InChI is InChI=1S/C16H18N4OS/c1-16(8-14(21)20(2)15(18)19-16)11-7-13(22-9-11)10-4-3-5-12(17)6-10/h3-7,9H,8,17H2,1-2H3,(H2,18,19)/t16-/m0/s1. The van der Waals surface area contributed by atoms with Crippen molar-refractivity contribution < 1.29 is 4.79 Å². The first-order valence-electron chi connectivity index (χ1n) is 6.97. The van der Waals surface area contributed by atoms with Crippen molar-refractivity contribution in [2.24, 2.45) is 0 Å². The summed E-state index contributed by atoms with van der Waals surface area (Å²) in [4.78, 5) is 14.5. The fourth-order valence-electron chi connectivity index (χ4n) is 2.58. The van der Waals surface area contributed by atoms with Crippen LogP contribution < -0.4 is 11.1 Å². The molecule has 0 aliphatic carbocycles. The molecule has 6 heteroatoms. The molecule has 3 rings (SSSR count). The van der Waals surface area contributed by atoms with Crippen LogP contribution >= 0.6 is 11.3 Å². The molecule has 4 N–H and O–H groups in total. The largest absolute Gasteiger partial charge is 0.399 e. The van der Waals surface area contributed by atoms with Crippen molar-refractivity contribution in [1.29, 1.82) is 5.41 Å². The molecule has 0 bridgehead atoms. The molecule has 1 aromatic carbocycles. The van der Waals surface area contributed by atoms with Gasteiger partial charge in [0.25, 0.3) is 0 Å². The number of hydrogen-bond donors (Lipinski definition) is 3. The molecule has 22 heavy (non-hydrogen) atoms. The van der Waals surface area contributed by atoms with E-state index in [-0.39, 0.29) is 11.9 Å². The number of guanidine groups is 1. The highest BCUT2D eigenvalue weighted by atomic mass is 32.1. The normalized spacial score (nSPS) is 21.8. The van der Waals surface area contributed by atoms with Crippen molar-refractivity contribution >= 4 is 28.9 Å². The molecular formula is C16H18N4OS. The zero-order valence-corrected chi connectivity index (χ0v) is 13.3. The molecule has 0 saturated carbocycles. The fraction of sp³-hybridized carbons (Fsp3) is 0.250. The van der Waals surface area contributed by atoms with E-state index >= 15 is 0 Å². The molecule has 5 nitrogen and oxygen atoms in total. The number of nitrogens with one attached hydrogen (secondary N) is 2. The summed E-state index contributed by atoms with van der Waals surface area (Å²) >= 11 is 1.62. The highest BCUT2D eigenvalue weighted by molar-refractivity contribution is 7.13. The third kappa shape index (κ3) is 2.46. The Morgan fingerprint density at radius 3 is 2.86 bits per heavy atom. The first kappa shape index (κ1) is 14.6. The molecule has 1 fully saturated rings. The van der Waals surface area contributed by atoms with Gasteiger partial charge in [0.1, 0.15) is 0 Å². The monoisotopic (exact) mass is 314 g/mol. The molecule has 1 aliphatic heterocycles. The lowest BCUT2D eigenvalue weighted by Crippen LogP contribution is -2.58.